The van der Waals surface area contributed by atoms with Crippen molar-refractivity contribution in [2.45, 2.75) is 19.9 Å². The van der Waals surface area contributed by atoms with Gasteiger partial charge < -0.3 is 10.6 Å². The van der Waals surface area contributed by atoms with Gasteiger partial charge >= 0.3 is 0 Å². The van der Waals surface area contributed by atoms with Gasteiger partial charge in [-0.1, -0.05) is 35.3 Å². The number of nitro benzene ring substituents is 1. The van der Waals surface area contributed by atoms with Crippen molar-refractivity contribution < 1.29 is 14.5 Å². The van der Waals surface area contributed by atoms with Crippen LogP contribution in [0.2, 0.25) is 10.0 Å². The van der Waals surface area contributed by atoms with Crippen LogP contribution in [0, 0.1) is 10.1 Å². The molecule has 7 nitrogen and oxygen atoms in total. The lowest BCUT2D eigenvalue weighted by Gasteiger charge is -2.13. The molecule has 2 aromatic rings. The van der Waals surface area contributed by atoms with Crippen LogP contribution in [0.3, 0.4) is 0 Å². The standard InChI is InChI=1S/C19H17Cl2N3O4/c1-11(2)22-19(26)17(9-12-4-3-5-14(8-12)24(27)28)23-18(25)15-7-6-13(20)10-16(15)21/h3-11H,1-2H3,(H,22,26)(H,23,25). The number of hydrogen-bond acceptors (Lipinski definition) is 4. The Kier molecular flexibility index (Phi) is 7.14. The second-order valence-corrected chi connectivity index (χ2v) is 6.96. The normalized spacial score (nSPS) is 11.2. The molecule has 0 aliphatic heterocycles. The molecule has 0 saturated heterocycles. The van der Waals surface area contributed by atoms with E-state index in [1.807, 2.05) is 0 Å². The van der Waals surface area contributed by atoms with Crippen molar-refractivity contribution in [3.8, 4) is 0 Å². The topological polar surface area (TPSA) is 101 Å². The fraction of sp³-hybridized carbons (Fsp3) is 0.158. The fourth-order valence-corrected chi connectivity index (χ4v) is 2.75. The molecule has 0 aliphatic carbocycles. The van der Waals surface area contributed by atoms with Crippen molar-refractivity contribution in [3.05, 3.63) is 79.4 Å². The Morgan fingerprint density at radius 2 is 1.86 bits per heavy atom. The highest BCUT2D eigenvalue weighted by Crippen LogP contribution is 2.21. The van der Waals surface area contributed by atoms with E-state index < -0.39 is 16.7 Å². The third-order valence-electron chi connectivity index (χ3n) is 3.48. The maximum absolute atomic E-state index is 12.6. The number of benzene rings is 2. The summed E-state index contributed by atoms with van der Waals surface area (Å²) in [5.41, 5.74) is 0.300. The lowest BCUT2D eigenvalue weighted by Crippen LogP contribution is -2.38. The summed E-state index contributed by atoms with van der Waals surface area (Å²) in [6.07, 6.45) is 1.35. The van der Waals surface area contributed by atoms with E-state index in [-0.39, 0.29) is 28.0 Å². The number of hydrogen-bond donors (Lipinski definition) is 2. The van der Waals surface area contributed by atoms with Crippen molar-refractivity contribution in [1.82, 2.24) is 10.6 Å². The number of carbonyl (C=O) groups excluding carboxylic acids is 2. The predicted octanol–water partition coefficient (Wildman–Crippen LogP) is 4.20. The summed E-state index contributed by atoms with van der Waals surface area (Å²) in [7, 11) is 0. The van der Waals surface area contributed by atoms with E-state index in [0.717, 1.165) is 0 Å². The molecule has 0 heterocycles. The van der Waals surface area contributed by atoms with Gasteiger partial charge in [-0.2, -0.15) is 0 Å². The van der Waals surface area contributed by atoms with Crippen molar-refractivity contribution in [3.63, 3.8) is 0 Å². The number of amides is 2. The van der Waals surface area contributed by atoms with Crippen LogP contribution in [-0.2, 0) is 4.79 Å². The Hall–Kier alpha value is -2.90. The van der Waals surface area contributed by atoms with Crippen molar-refractivity contribution in [2.75, 3.05) is 0 Å². The lowest BCUT2D eigenvalue weighted by atomic mass is 10.1. The maximum atomic E-state index is 12.6. The highest BCUT2D eigenvalue weighted by Gasteiger charge is 2.18. The van der Waals surface area contributed by atoms with Gasteiger partial charge in [0.15, 0.2) is 0 Å². The number of halogens is 2. The SMILES string of the molecule is CC(C)NC(=O)C(=Cc1cccc([N+](=O)[O-])c1)NC(=O)c1ccc(Cl)cc1Cl. The number of nitro groups is 1. The quantitative estimate of drug-likeness (QED) is 0.414. The summed E-state index contributed by atoms with van der Waals surface area (Å²) in [4.78, 5) is 35.5. The molecule has 0 aromatic heterocycles. The number of carbonyl (C=O) groups is 2. The first-order valence-corrected chi connectivity index (χ1v) is 8.96. The first-order chi connectivity index (χ1) is 13.2. The Morgan fingerprint density at radius 1 is 1.14 bits per heavy atom. The summed E-state index contributed by atoms with van der Waals surface area (Å²) in [5.74, 6) is -1.16. The van der Waals surface area contributed by atoms with Crippen LogP contribution < -0.4 is 10.6 Å². The number of nitrogens with zero attached hydrogens (tertiary/aromatic N) is 1. The lowest BCUT2D eigenvalue weighted by molar-refractivity contribution is -0.384. The largest absolute Gasteiger partial charge is 0.349 e. The molecule has 146 valence electrons. The van der Waals surface area contributed by atoms with Gasteiger partial charge in [0.1, 0.15) is 5.70 Å². The van der Waals surface area contributed by atoms with Gasteiger partial charge in [-0.25, -0.2) is 0 Å². The molecule has 2 amide bonds. The Bertz CT molecular complexity index is 958. The number of non-ortho nitro benzene ring substituents is 1. The molecule has 0 spiro atoms. The van der Waals surface area contributed by atoms with Crippen LogP contribution in [0.5, 0.6) is 0 Å². The minimum atomic E-state index is -0.614. The maximum Gasteiger partial charge on any atom is 0.270 e. The smallest absolute Gasteiger partial charge is 0.270 e. The minimum Gasteiger partial charge on any atom is -0.349 e. The van der Waals surface area contributed by atoms with Gasteiger partial charge in [-0.05, 0) is 43.7 Å². The summed E-state index contributed by atoms with van der Waals surface area (Å²) < 4.78 is 0. The molecule has 0 unspecified atom stereocenters. The average Bonchev–Trinajstić information content (AvgIpc) is 2.60. The summed E-state index contributed by atoms with van der Waals surface area (Å²) in [5, 5.41) is 16.6. The van der Waals surface area contributed by atoms with Crippen LogP contribution in [-0.4, -0.2) is 22.8 Å². The first-order valence-electron chi connectivity index (χ1n) is 8.21. The number of nitrogens with one attached hydrogen (secondary N) is 2. The fourth-order valence-electron chi connectivity index (χ4n) is 2.26. The van der Waals surface area contributed by atoms with Crippen LogP contribution >= 0.6 is 23.2 Å². The van der Waals surface area contributed by atoms with Gasteiger partial charge in [-0.15, -0.1) is 0 Å². The molecule has 0 saturated carbocycles. The van der Waals surface area contributed by atoms with Crippen LogP contribution in [0.15, 0.2) is 48.2 Å². The highest BCUT2D eigenvalue weighted by molar-refractivity contribution is 6.36. The van der Waals surface area contributed by atoms with E-state index in [0.29, 0.717) is 10.6 Å². The molecule has 9 heteroatoms. The molecule has 28 heavy (non-hydrogen) atoms. The number of rotatable bonds is 6. The molecule has 0 fully saturated rings. The van der Waals surface area contributed by atoms with E-state index in [1.54, 1.807) is 19.9 Å². The summed E-state index contributed by atoms with van der Waals surface area (Å²) >= 11 is 11.9. The van der Waals surface area contributed by atoms with Gasteiger partial charge in [0.25, 0.3) is 17.5 Å². The highest BCUT2D eigenvalue weighted by atomic mass is 35.5. The summed E-state index contributed by atoms with van der Waals surface area (Å²) in [6.45, 7) is 3.53. The zero-order valence-electron chi connectivity index (χ0n) is 15.0. The summed E-state index contributed by atoms with van der Waals surface area (Å²) in [6, 6.07) is 9.86. The molecular weight excluding hydrogens is 405 g/mol. The van der Waals surface area contributed by atoms with Crippen LogP contribution in [0.25, 0.3) is 6.08 Å². The van der Waals surface area contributed by atoms with Crippen molar-refractivity contribution in [1.29, 1.82) is 0 Å². The molecule has 0 atom stereocenters. The first kappa shape index (κ1) is 21.4. The molecule has 0 bridgehead atoms. The Balaban J connectivity index is 2.39. The van der Waals surface area contributed by atoms with Crippen LogP contribution in [0.4, 0.5) is 5.69 Å². The zero-order valence-corrected chi connectivity index (χ0v) is 16.5. The van der Waals surface area contributed by atoms with E-state index >= 15 is 0 Å². The van der Waals surface area contributed by atoms with Crippen molar-refractivity contribution in [2.24, 2.45) is 0 Å². The third-order valence-corrected chi connectivity index (χ3v) is 4.03. The monoisotopic (exact) mass is 421 g/mol. The second kappa shape index (κ2) is 9.34. The van der Waals surface area contributed by atoms with Gasteiger partial charge in [0, 0.05) is 23.2 Å². The molecular formula is C19H17Cl2N3O4. The average molecular weight is 422 g/mol. The van der Waals surface area contributed by atoms with Gasteiger partial charge in [0.05, 0.1) is 15.5 Å². The van der Waals surface area contributed by atoms with Crippen molar-refractivity contribution >= 4 is 46.8 Å². The van der Waals surface area contributed by atoms with E-state index in [2.05, 4.69) is 10.6 Å². The molecule has 2 aromatic carbocycles. The van der Waals surface area contributed by atoms with E-state index in [4.69, 9.17) is 23.2 Å². The predicted molar refractivity (Wildman–Crippen MR) is 108 cm³/mol. The van der Waals surface area contributed by atoms with E-state index in [9.17, 15) is 19.7 Å². The van der Waals surface area contributed by atoms with E-state index in [1.165, 1.54) is 42.5 Å². The molecule has 0 radical (unpaired) electrons. The molecule has 2 N–H and O–H groups in total. The third kappa shape index (κ3) is 5.80. The Labute approximate surface area is 171 Å². The zero-order chi connectivity index (χ0) is 20.8. The molecule has 0 aliphatic rings. The Morgan fingerprint density at radius 3 is 2.46 bits per heavy atom. The van der Waals surface area contributed by atoms with Crippen LogP contribution in [0.1, 0.15) is 29.8 Å². The minimum absolute atomic E-state index is 0.0785. The van der Waals surface area contributed by atoms with Gasteiger partial charge in [-0.3, -0.25) is 19.7 Å². The van der Waals surface area contributed by atoms with Gasteiger partial charge in [0.2, 0.25) is 0 Å². The second-order valence-electron chi connectivity index (χ2n) is 6.12. The molecule has 2 rings (SSSR count).